The summed E-state index contributed by atoms with van der Waals surface area (Å²) in [6.07, 6.45) is 8.11. The van der Waals surface area contributed by atoms with Crippen LogP contribution < -0.4 is 5.32 Å². The van der Waals surface area contributed by atoms with E-state index in [9.17, 15) is 14.4 Å². The lowest BCUT2D eigenvalue weighted by atomic mass is 9.85. The van der Waals surface area contributed by atoms with Crippen LogP contribution >= 0.6 is 11.3 Å². The number of carbonyl (C=O) groups excluding carboxylic acids is 3. The molecule has 26 heavy (non-hydrogen) atoms. The molecule has 1 N–H and O–H groups in total. The molecule has 6 nitrogen and oxygen atoms in total. The van der Waals surface area contributed by atoms with Gasteiger partial charge in [0.05, 0.1) is 17.5 Å². The number of aryl methyl sites for hydroxylation is 1. The van der Waals surface area contributed by atoms with Crippen LogP contribution in [0.1, 0.15) is 43.7 Å². The predicted octanol–water partition coefficient (Wildman–Crippen LogP) is 2.55. The van der Waals surface area contributed by atoms with Gasteiger partial charge in [0, 0.05) is 4.88 Å². The first kappa shape index (κ1) is 17.4. The van der Waals surface area contributed by atoms with Gasteiger partial charge in [0.2, 0.25) is 17.7 Å². The maximum Gasteiger partial charge on any atom is 0.249 e. The van der Waals surface area contributed by atoms with E-state index in [4.69, 9.17) is 0 Å². The fourth-order valence-corrected chi connectivity index (χ4v) is 5.30. The molecule has 1 saturated heterocycles. The standard InChI is InChI=1S/C19H23N3O3S/c1-10-7-8-14-15(9-10)26-19(20-14)21-16(23)11(2)22-17(24)12-5-3-4-6-13(12)18(22)25/h3-4,10-13H,5-9H2,1-2H3,(H,20,21,23)/t10?,11-,12?,13?/m0/s1. The molecule has 2 heterocycles. The SMILES string of the molecule is CC1CCc2nc(NC(=O)[C@H](C)N3C(=O)C4CC=CCC4C3=O)sc2C1. The van der Waals surface area contributed by atoms with E-state index in [0.29, 0.717) is 23.9 Å². The van der Waals surface area contributed by atoms with Crippen molar-refractivity contribution in [1.82, 2.24) is 9.88 Å². The number of thiazole rings is 1. The van der Waals surface area contributed by atoms with Crippen LogP contribution in [0.15, 0.2) is 12.2 Å². The van der Waals surface area contributed by atoms with Gasteiger partial charge in [-0.2, -0.15) is 0 Å². The van der Waals surface area contributed by atoms with Crippen LogP contribution in [-0.2, 0) is 27.2 Å². The van der Waals surface area contributed by atoms with Crippen LogP contribution in [-0.4, -0.2) is 33.6 Å². The lowest BCUT2D eigenvalue weighted by molar-refractivity contribution is -0.146. The van der Waals surface area contributed by atoms with Crippen molar-refractivity contribution in [1.29, 1.82) is 0 Å². The van der Waals surface area contributed by atoms with Crippen molar-refractivity contribution in [3.05, 3.63) is 22.7 Å². The first-order valence-electron chi connectivity index (χ1n) is 9.27. The quantitative estimate of drug-likeness (QED) is 0.652. The number of carbonyl (C=O) groups is 3. The van der Waals surface area contributed by atoms with Crippen molar-refractivity contribution in [2.45, 2.75) is 52.0 Å². The van der Waals surface area contributed by atoms with Gasteiger partial charge >= 0.3 is 0 Å². The van der Waals surface area contributed by atoms with Crippen molar-refractivity contribution in [2.75, 3.05) is 5.32 Å². The van der Waals surface area contributed by atoms with E-state index in [-0.39, 0.29) is 29.6 Å². The van der Waals surface area contributed by atoms with E-state index >= 15 is 0 Å². The maximum atomic E-state index is 12.7. The Kier molecular flexibility index (Phi) is 4.42. The normalized spacial score (nSPS) is 28.7. The van der Waals surface area contributed by atoms with E-state index in [1.54, 1.807) is 6.92 Å². The molecule has 138 valence electrons. The lowest BCUT2D eigenvalue weighted by Crippen LogP contribution is -2.46. The highest BCUT2D eigenvalue weighted by Crippen LogP contribution is 2.36. The molecule has 1 aliphatic heterocycles. The number of fused-ring (bicyclic) bond motifs is 2. The van der Waals surface area contributed by atoms with Crippen molar-refractivity contribution in [3.8, 4) is 0 Å². The fraction of sp³-hybridized carbons (Fsp3) is 0.579. The second-order valence-electron chi connectivity index (χ2n) is 7.60. The third kappa shape index (κ3) is 2.88. The summed E-state index contributed by atoms with van der Waals surface area (Å²) in [5.41, 5.74) is 1.07. The molecule has 7 heteroatoms. The molecule has 2 aliphatic carbocycles. The van der Waals surface area contributed by atoms with Gasteiger partial charge in [0.1, 0.15) is 6.04 Å². The minimum Gasteiger partial charge on any atom is -0.300 e. The van der Waals surface area contributed by atoms with Crippen LogP contribution in [0.3, 0.4) is 0 Å². The summed E-state index contributed by atoms with van der Waals surface area (Å²) < 4.78 is 0. The summed E-state index contributed by atoms with van der Waals surface area (Å²) in [5.74, 6) is -0.772. The number of amides is 3. The predicted molar refractivity (Wildman–Crippen MR) is 98.6 cm³/mol. The first-order chi connectivity index (χ1) is 12.5. The Morgan fingerprint density at radius 3 is 2.58 bits per heavy atom. The van der Waals surface area contributed by atoms with Gasteiger partial charge < -0.3 is 5.32 Å². The van der Waals surface area contributed by atoms with Crippen LogP contribution in [0.4, 0.5) is 5.13 Å². The number of anilines is 1. The summed E-state index contributed by atoms with van der Waals surface area (Å²) in [5, 5.41) is 3.39. The Hall–Kier alpha value is -2.02. The second kappa shape index (κ2) is 6.61. The van der Waals surface area contributed by atoms with Crippen molar-refractivity contribution in [2.24, 2.45) is 17.8 Å². The lowest BCUT2D eigenvalue weighted by Gasteiger charge is -2.21. The Morgan fingerprint density at radius 2 is 1.92 bits per heavy atom. The van der Waals surface area contributed by atoms with Crippen LogP contribution in [0, 0.1) is 17.8 Å². The summed E-state index contributed by atoms with van der Waals surface area (Å²) in [6.45, 7) is 3.84. The zero-order valence-corrected chi connectivity index (χ0v) is 15.8. The number of likely N-dealkylation sites (tertiary alicyclic amines) is 1. The molecule has 1 fully saturated rings. The zero-order chi connectivity index (χ0) is 18.4. The molecule has 1 aromatic heterocycles. The van der Waals surface area contributed by atoms with E-state index in [2.05, 4.69) is 17.2 Å². The summed E-state index contributed by atoms with van der Waals surface area (Å²) in [4.78, 5) is 44.8. The molecule has 0 bridgehead atoms. The Morgan fingerprint density at radius 1 is 1.27 bits per heavy atom. The number of hydrogen-bond donors (Lipinski definition) is 1. The minimum absolute atomic E-state index is 0.223. The van der Waals surface area contributed by atoms with E-state index in [1.165, 1.54) is 16.2 Å². The molecule has 3 unspecified atom stereocenters. The molecular formula is C19H23N3O3S. The number of rotatable bonds is 3. The topological polar surface area (TPSA) is 79.4 Å². The molecule has 4 atom stereocenters. The van der Waals surface area contributed by atoms with Crippen molar-refractivity contribution in [3.63, 3.8) is 0 Å². The number of nitrogens with one attached hydrogen (secondary N) is 1. The van der Waals surface area contributed by atoms with Gasteiger partial charge in [0.15, 0.2) is 5.13 Å². The summed E-state index contributed by atoms with van der Waals surface area (Å²) in [6, 6.07) is -0.819. The van der Waals surface area contributed by atoms with Crippen LogP contribution in [0.2, 0.25) is 0 Å². The molecule has 4 rings (SSSR count). The average molecular weight is 373 g/mol. The highest BCUT2D eigenvalue weighted by Gasteiger charge is 2.50. The molecule has 3 amide bonds. The Balaban J connectivity index is 1.47. The molecule has 3 aliphatic rings. The van der Waals surface area contributed by atoms with Gasteiger partial charge in [-0.15, -0.1) is 11.3 Å². The van der Waals surface area contributed by atoms with E-state index in [0.717, 1.165) is 29.9 Å². The van der Waals surface area contributed by atoms with Gasteiger partial charge in [-0.1, -0.05) is 19.1 Å². The number of hydrogen-bond acceptors (Lipinski definition) is 5. The van der Waals surface area contributed by atoms with Crippen LogP contribution in [0.5, 0.6) is 0 Å². The van der Waals surface area contributed by atoms with Crippen molar-refractivity contribution < 1.29 is 14.4 Å². The van der Waals surface area contributed by atoms with Crippen LogP contribution in [0.25, 0.3) is 0 Å². The number of nitrogens with zero attached hydrogens (tertiary/aromatic N) is 2. The summed E-state index contributed by atoms with van der Waals surface area (Å²) in [7, 11) is 0. The molecule has 0 aromatic carbocycles. The number of aromatic nitrogens is 1. The van der Waals surface area contributed by atoms with E-state index in [1.807, 2.05) is 12.2 Å². The fourth-order valence-electron chi connectivity index (χ4n) is 4.13. The molecular weight excluding hydrogens is 350 g/mol. The van der Waals surface area contributed by atoms with Crippen molar-refractivity contribution >= 4 is 34.2 Å². The van der Waals surface area contributed by atoms with Gasteiger partial charge in [0.25, 0.3) is 0 Å². The Bertz CT molecular complexity index is 774. The molecule has 0 radical (unpaired) electrons. The molecule has 0 spiro atoms. The third-order valence-electron chi connectivity index (χ3n) is 5.72. The Labute approximate surface area is 156 Å². The molecule has 1 aromatic rings. The number of allylic oxidation sites excluding steroid dienone is 2. The van der Waals surface area contributed by atoms with Gasteiger partial charge in [-0.3, -0.25) is 19.3 Å². The highest BCUT2D eigenvalue weighted by molar-refractivity contribution is 7.15. The monoisotopic (exact) mass is 373 g/mol. The smallest absolute Gasteiger partial charge is 0.249 e. The zero-order valence-electron chi connectivity index (χ0n) is 15.0. The third-order valence-corrected chi connectivity index (χ3v) is 6.76. The molecule has 0 saturated carbocycles. The average Bonchev–Trinajstić information content (AvgIpc) is 3.13. The first-order valence-corrected chi connectivity index (χ1v) is 10.1. The van der Waals surface area contributed by atoms with Gasteiger partial charge in [-0.05, 0) is 44.9 Å². The largest absolute Gasteiger partial charge is 0.300 e. The maximum absolute atomic E-state index is 12.7. The highest BCUT2D eigenvalue weighted by atomic mass is 32.1. The summed E-state index contributed by atoms with van der Waals surface area (Å²) >= 11 is 1.51. The van der Waals surface area contributed by atoms with E-state index < -0.39 is 6.04 Å². The minimum atomic E-state index is -0.819. The van der Waals surface area contributed by atoms with Gasteiger partial charge in [-0.25, -0.2) is 4.98 Å². The number of imide groups is 1. The second-order valence-corrected chi connectivity index (χ2v) is 8.69.